The van der Waals surface area contributed by atoms with E-state index in [-0.39, 0.29) is 40.8 Å². The zero-order chi connectivity index (χ0) is 26.5. The first-order valence-corrected chi connectivity index (χ1v) is 10.4. The lowest BCUT2D eigenvalue weighted by molar-refractivity contribution is -0.142. The second-order valence-corrected chi connectivity index (χ2v) is 8.34. The van der Waals surface area contributed by atoms with Crippen molar-refractivity contribution in [2.45, 2.75) is 37.2 Å². The van der Waals surface area contributed by atoms with Crippen LogP contribution in [0, 0.1) is 5.82 Å². The lowest BCUT2D eigenvalue weighted by atomic mass is 9.93. The number of rotatable bonds is 6. The van der Waals surface area contributed by atoms with Gasteiger partial charge in [-0.15, -0.1) is 0 Å². The Balaban J connectivity index is 1.59. The monoisotopic (exact) mass is 515 g/mol. The largest absolute Gasteiger partial charge is 0.478 e. The van der Waals surface area contributed by atoms with Crippen LogP contribution in [0.1, 0.15) is 34.3 Å². The van der Waals surface area contributed by atoms with E-state index in [1.54, 1.807) is 0 Å². The first-order chi connectivity index (χ1) is 16.7. The van der Waals surface area contributed by atoms with E-state index in [2.05, 4.69) is 10.4 Å². The van der Waals surface area contributed by atoms with Gasteiger partial charge < -0.3 is 10.4 Å². The number of carboxylic acid groups (broad SMARTS) is 1. The van der Waals surface area contributed by atoms with Crippen molar-refractivity contribution in [3.8, 4) is 11.1 Å². The van der Waals surface area contributed by atoms with E-state index in [0.717, 1.165) is 24.5 Å². The molecule has 0 bridgehead atoms. The quantitative estimate of drug-likeness (QED) is 0.417. The molecule has 4 rings (SSSR count). The van der Waals surface area contributed by atoms with Crippen LogP contribution in [0.2, 0.25) is 0 Å². The second-order valence-electron chi connectivity index (χ2n) is 8.34. The van der Waals surface area contributed by atoms with Crippen molar-refractivity contribution in [2.75, 3.05) is 5.32 Å². The standard InChI is InChI=1S/C23H16F7N3O3/c24-18-7-13(23(28,29)30)1-4-17(18)21(5-6-21)20(36)32-14-2-3-15(16(8-14)19(34)35)12-9-31-33(10-12)11-22(25,26)27/h1-4,7-10H,5-6,11H2,(H,32,36)(H,34,35). The third-order valence-corrected chi connectivity index (χ3v) is 5.79. The van der Waals surface area contributed by atoms with Crippen molar-refractivity contribution in [3.05, 3.63) is 71.3 Å². The Kier molecular flexibility index (Phi) is 6.05. The van der Waals surface area contributed by atoms with Crippen LogP contribution >= 0.6 is 0 Å². The number of halogens is 7. The normalized spacial score (nSPS) is 15.0. The van der Waals surface area contributed by atoms with Crippen LogP contribution in [-0.4, -0.2) is 32.9 Å². The minimum Gasteiger partial charge on any atom is -0.478 e. The number of hydrogen-bond donors (Lipinski definition) is 2. The first-order valence-electron chi connectivity index (χ1n) is 10.4. The van der Waals surface area contributed by atoms with E-state index in [1.807, 2.05) is 0 Å². The van der Waals surface area contributed by atoms with Gasteiger partial charge in [0.15, 0.2) is 0 Å². The van der Waals surface area contributed by atoms with Crippen molar-refractivity contribution < 1.29 is 45.4 Å². The van der Waals surface area contributed by atoms with Gasteiger partial charge in [-0.05, 0) is 42.7 Å². The van der Waals surface area contributed by atoms with Crippen LogP contribution < -0.4 is 5.32 Å². The molecule has 1 saturated carbocycles. The molecule has 3 aromatic rings. The first kappa shape index (κ1) is 25.2. The van der Waals surface area contributed by atoms with Gasteiger partial charge >= 0.3 is 18.3 Å². The molecular weight excluding hydrogens is 499 g/mol. The summed E-state index contributed by atoms with van der Waals surface area (Å²) < 4.78 is 91.4. The molecule has 36 heavy (non-hydrogen) atoms. The number of carboxylic acids is 1. The molecule has 190 valence electrons. The number of aromatic carboxylic acids is 1. The maximum atomic E-state index is 14.5. The molecule has 0 unspecified atom stereocenters. The molecule has 1 heterocycles. The molecular formula is C23H16F7N3O3. The minimum absolute atomic E-state index is 0.00225. The van der Waals surface area contributed by atoms with E-state index < -0.39 is 47.6 Å². The van der Waals surface area contributed by atoms with Gasteiger partial charge in [0.05, 0.1) is 22.7 Å². The molecule has 2 aromatic carbocycles. The Morgan fingerprint density at radius 3 is 2.31 bits per heavy atom. The third kappa shape index (κ3) is 5.04. The summed E-state index contributed by atoms with van der Waals surface area (Å²) in [7, 11) is 0. The smallest absolute Gasteiger partial charge is 0.416 e. The van der Waals surface area contributed by atoms with Crippen molar-refractivity contribution >= 4 is 17.6 Å². The summed E-state index contributed by atoms with van der Waals surface area (Å²) in [6.45, 7) is -1.37. The fourth-order valence-corrected chi connectivity index (χ4v) is 3.90. The Morgan fingerprint density at radius 2 is 1.75 bits per heavy atom. The number of alkyl halides is 6. The maximum absolute atomic E-state index is 14.5. The van der Waals surface area contributed by atoms with Crippen LogP contribution in [0.15, 0.2) is 48.8 Å². The summed E-state index contributed by atoms with van der Waals surface area (Å²) in [5.74, 6) is -3.35. The van der Waals surface area contributed by atoms with E-state index >= 15 is 0 Å². The van der Waals surface area contributed by atoms with E-state index in [9.17, 15) is 45.4 Å². The van der Waals surface area contributed by atoms with E-state index in [4.69, 9.17) is 0 Å². The molecule has 1 aromatic heterocycles. The summed E-state index contributed by atoms with van der Waals surface area (Å²) in [5.41, 5.74) is -3.01. The van der Waals surface area contributed by atoms with Crippen molar-refractivity contribution in [1.29, 1.82) is 0 Å². The van der Waals surface area contributed by atoms with Gasteiger partial charge in [0, 0.05) is 23.0 Å². The Bertz CT molecular complexity index is 1340. The summed E-state index contributed by atoms with van der Waals surface area (Å²) in [6, 6.07) is 5.57. The zero-order valence-corrected chi connectivity index (χ0v) is 18.0. The van der Waals surface area contributed by atoms with E-state index in [1.165, 1.54) is 12.1 Å². The topological polar surface area (TPSA) is 84.2 Å². The Morgan fingerprint density at radius 1 is 1.06 bits per heavy atom. The summed E-state index contributed by atoms with van der Waals surface area (Å²) in [4.78, 5) is 24.7. The van der Waals surface area contributed by atoms with E-state index in [0.29, 0.717) is 16.8 Å². The second kappa shape index (κ2) is 8.64. The van der Waals surface area contributed by atoms with Gasteiger partial charge in [-0.25, -0.2) is 9.18 Å². The molecule has 2 N–H and O–H groups in total. The predicted molar refractivity (Wildman–Crippen MR) is 112 cm³/mol. The fourth-order valence-electron chi connectivity index (χ4n) is 3.90. The van der Waals surface area contributed by atoms with Crippen LogP contribution in [0.3, 0.4) is 0 Å². The molecule has 1 amide bonds. The number of carbonyl (C=O) groups is 2. The highest BCUT2D eigenvalue weighted by Gasteiger charge is 2.53. The summed E-state index contributed by atoms with van der Waals surface area (Å²) in [6.07, 6.45) is -6.85. The molecule has 1 aliphatic rings. The Labute approximate surface area is 198 Å². The number of anilines is 1. The number of nitrogens with one attached hydrogen (secondary N) is 1. The number of nitrogens with zero attached hydrogens (tertiary/aromatic N) is 2. The average Bonchev–Trinajstić information content (AvgIpc) is 3.45. The van der Waals surface area contributed by atoms with Crippen LogP contribution in [0.4, 0.5) is 36.4 Å². The highest BCUT2D eigenvalue weighted by molar-refractivity contribution is 6.03. The van der Waals surface area contributed by atoms with Crippen LogP contribution in [0.5, 0.6) is 0 Å². The average molecular weight is 515 g/mol. The number of amides is 1. The fraction of sp³-hybridized carbons (Fsp3) is 0.261. The lowest BCUT2D eigenvalue weighted by Gasteiger charge is -2.18. The van der Waals surface area contributed by atoms with Crippen molar-refractivity contribution in [1.82, 2.24) is 9.78 Å². The summed E-state index contributed by atoms with van der Waals surface area (Å²) in [5, 5.41) is 15.6. The van der Waals surface area contributed by atoms with Crippen LogP contribution in [0.25, 0.3) is 11.1 Å². The van der Waals surface area contributed by atoms with Gasteiger partial charge in [-0.3, -0.25) is 9.48 Å². The molecule has 0 atom stereocenters. The SMILES string of the molecule is O=C(O)c1cc(NC(=O)C2(c3ccc(C(F)(F)F)cc3F)CC2)ccc1-c1cnn(CC(F)(F)F)c1. The van der Waals surface area contributed by atoms with Crippen LogP contribution in [-0.2, 0) is 22.9 Å². The number of aromatic nitrogens is 2. The molecule has 0 saturated heterocycles. The summed E-state index contributed by atoms with van der Waals surface area (Å²) >= 11 is 0. The molecule has 0 radical (unpaired) electrons. The Hall–Kier alpha value is -3.90. The molecule has 6 nitrogen and oxygen atoms in total. The number of carbonyl (C=O) groups excluding carboxylic acids is 1. The molecule has 1 fully saturated rings. The molecule has 13 heteroatoms. The van der Waals surface area contributed by atoms with Gasteiger partial charge in [-0.1, -0.05) is 12.1 Å². The highest BCUT2D eigenvalue weighted by atomic mass is 19.4. The number of hydrogen-bond acceptors (Lipinski definition) is 3. The lowest BCUT2D eigenvalue weighted by Crippen LogP contribution is -2.29. The number of benzene rings is 2. The maximum Gasteiger partial charge on any atom is 0.416 e. The molecule has 1 aliphatic carbocycles. The van der Waals surface area contributed by atoms with Crippen molar-refractivity contribution in [3.63, 3.8) is 0 Å². The van der Waals surface area contributed by atoms with Crippen molar-refractivity contribution in [2.24, 2.45) is 0 Å². The molecule has 0 spiro atoms. The molecule has 0 aliphatic heterocycles. The van der Waals surface area contributed by atoms with Gasteiger partial charge in [0.25, 0.3) is 0 Å². The highest BCUT2D eigenvalue weighted by Crippen LogP contribution is 2.50. The van der Waals surface area contributed by atoms with Gasteiger partial charge in [0.1, 0.15) is 12.4 Å². The third-order valence-electron chi connectivity index (χ3n) is 5.79. The van der Waals surface area contributed by atoms with Gasteiger partial charge in [-0.2, -0.15) is 31.4 Å². The zero-order valence-electron chi connectivity index (χ0n) is 18.0. The predicted octanol–water partition coefficient (Wildman–Crippen LogP) is 5.64. The van der Waals surface area contributed by atoms with Gasteiger partial charge in [0.2, 0.25) is 5.91 Å². The minimum atomic E-state index is -4.75.